The van der Waals surface area contributed by atoms with Gasteiger partial charge in [0.15, 0.2) is 0 Å². The van der Waals surface area contributed by atoms with Gasteiger partial charge in [0.05, 0.1) is 11.9 Å². The Morgan fingerprint density at radius 2 is 2.19 bits per heavy atom. The Bertz CT molecular complexity index is 413. The number of hydrogen-bond donors (Lipinski definition) is 1. The van der Waals surface area contributed by atoms with E-state index in [1.807, 2.05) is 17.9 Å². The first-order valence-corrected chi connectivity index (χ1v) is 8.67. The lowest BCUT2D eigenvalue weighted by atomic mass is 9.71. The van der Waals surface area contributed by atoms with Crippen LogP contribution in [0.25, 0.3) is 0 Å². The summed E-state index contributed by atoms with van der Waals surface area (Å²) in [6, 6.07) is 0. The molecule has 1 aromatic heterocycles. The molecule has 1 aromatic rings. The van der Waals surface area contributed by atoms with Gasteiger partial charge in [-0.15, -0.1) is 5.10 Å². The average Bonchev–Trinajstić information content (AvgIpc) is 2.86. The molecule has 21 heavy (non-hydrogen) atoms. The van der Waals surface area contributed by atoms with E-state index in [2.05, 4.69) is 36.4 Å². The van der Waals surface area contributed by atoms with Crippen LogP contribution in [0.1, 0.15) is 64.5 Å². The molecule has 4 heteroatoms. The zero-order valence-corrected chi connectivity index (χ0v) is 14.2. The van der Waals surface area contributed by atoms with Crippen LogP contribution in [0.4, 0.5) is 0 Å². The van der Waals surface area contributed by atoms with E-state index in [1.165, 1.54) is 37.8 Å². The highest BCUT2D eigenvalue weighted by Crippen LogP contribution is 2.41. The van der Waals surface area contributed by atoms with Crippen LogP contribution >= 0.6 is 0 Å². The molecule has 1 fully saturated rings. The number of nitrogens with zero attached hydrogens (tertiary/aromatic N) is 3. The molecule has 3 atom stereocenters. The lowest BCUT2D eigenvalue weighted by Gasteiger charge is -2.36. The Hall–Kier alpha value is -0.900. The summed E-state index contributed by atoms with van der Waals surface area (Å²) in [5.74, 6) is 2.96. The Balaban J connectivity index is 2.02. The quantitative estimate of drug-likeness (QED) is 0.838. The first kappa shape index (κ1) is 16.5. The fourth-order valence-corrected chi connectivity index (χ4v) is 3.79. The van der Waals surface area contributed by atoms with E-state index in [1.54, 1.807) is 0 Å². The van der Waals surface area contributed by atoms with Crippen molar-refractivity contribution < 1.29 is 0 Å². The minimum absolute atomic E-state index is 0.620. The van der Waals surface area contributed by atoms with Crippen molar-refractivity contribution in [2.75, 3.05) is 13.1 Å². The van der Waals surface area contributed by atoms with Crippen molar-refractivity contribution in [1.82, 2.24) is 20.3 Å². The molecule has 1 saturated carbocycles. The molecule has 0 aliphatic heterocycles. The summed E-state index contributed by atoms with van der Waals surface area (Å²) in [6.07, 6.45) is 8.69. The molecule has 0 bridgehead atoms. The van der Waals surface area contributed by atoms with E-state index in [-0.39, 0.29) is 0 Å². The van der Waals surface area contributed by atoms with Gasteiger partial charge in [-0.05, 0) is 43.7 Å². The molecule has 1 aliphatic carbocycles. The summed E-state index contributed by atoms with van der Waals surface area (Å²) >= 11 is 0. The molecule has 0 spiro atoms. The molecule has 1 heterocycles. The first-order chi connectivity index (χ1) is 10.1. The largest absolute Gasteiger partial charge is 0.316 e. The molecule has 0 saturated heterocycles. The molecule has 120 valence electrons. The zero-order chi connectivity index (χ0) is 15.2. The zero-order valence-electron chi connectivity index (χ0n) is 14.2. The highest BCUT2D eigenvalue weighted by atomic mass is 15.4. The molecule has 0 aromatic carbocycles. The van der Waals surface area contributed by atoms with Gasteiger partial charge in [-0.1, -0.05) is 45.2 Å². The van der Waals surface area contributed by atoms with Crippen molar-refractivity contribution in [2.45, 2.75) is 58.8 Å². The molecule has 1 aliphatic rings. The summed E-state index contributed by atoms with van der Waals surface area (Å²) in [7, 11) is 2.03. The molecule has 1 N–H and O–H groups in total. The van der Waals surface area contributed by atoms with Crippen molar-refractivity contribution in [3.63, 3.8) is 0 Å². The van der Waals surface area contributed by atoms with Crippen LogP contribution in [-0.4, -0.2) is 28.1 Å². The maximum Gasteiger partial charge on any atom is 0.0728 e. The van der Waals surface area contributed by atoms with Crippen LogP contribution < -0.4 is 5.32 Å². The fourth-order valence-electron chi connectivity index (χ4n) is 3.79. The monoisotopic (exact) mass is 292 g/mol. The lowest BCUT2D eigenvalue weighted by molar-refractivity contribution is 0.213. The normalized spacial score (nSPS) is 26.4. The number of nitrogens with one attached hydrogen (secondary N) is 1. The first-order valence-electron chi connectivity index (χ1n) is 8.67. The molecule has 0 amide bonds. The number of rotatable bonds is 7. The van der Waals surface area contributed by atoms with Gasteiger partial charge in [0.2, 0.25) is 0 Å². The Morgan fingerprint density at radius 3 is 2.81 bits per heavy atom. The predicted molar refractivity (Wildman–Crippen MR) is 87.2 cm³/mol. The summed E-state index contributed by atoms with van der Waals surface area (Å²) < 4.78 is 1.98. The second-order valence-electron chi connectivity index (χ2n) is 7.17. The van der Waals surface area contributed by atoms with Crippen LogP contribution in [0, 0.1) is 17.8 Å². The lowest BCUT2D eigenvalue weighted by Crippen LogP contribution is -2.34. The SMILES string of the molecule is CCCC1CCC(CNCC(C)C)C(c2cnnn2C)C1. The number of aromatic nitrogens is 3. The van der Waals surface area contributed by atoms with Crippen molar-refractivity contribution in [3.8, 4) is 0 Å². The van der Waals surface area contributed by atoms with Crippen LogP contribution in [0.5, 0.6) is 0 Å². The average molecular weight is 292 g/mol. The maximum atomic E-state index is 4.15. The standard InChI is InChI=1S/C17H32N4/c1-5-6-14-7-8-15(11-18-10-13(2)3)16(9-14)17-12-19-20-21(17)4/h12-16,18H,5-11H2,1-4H3. The van der Waals surface area contributed by atoms with Gasteiger partial charge in [-0.2, -0.15) is 0 Å². The van der Waals surface area contributed by atoms with Crippen LogP contribution in [-0.2, 0) is 7.05 Å². The highest BCUT2D eigenvalue weighted by molar-refractivity contribution is 5.07. The van der Waals surface area contributed by atoms with E-state index in [0.29, 0.717) is 5.92 Å². The molecule has 3 unspecified atom stereocenters. The predicted octanol–water partition coefficient (Wildman–Crippen LogP) is 3.36. The fraction of sp³-hybridized carbons (Fsp3) is 0.882. The Kier molecular flexibility index (Phi) is 6.22. The molecule has 2 rings (SSSR count). The number of aryl methyl sites for hydroxylation is 1. The van der Waals surface area contributed by atoms with Gasteiger partial charge in [-0.25, -0.2) is 0 Å². The van der Waals surface area contributed by atoms with Gasteiger partial charge in [0.1, 0.15) is 0 Å². The third kappa shape index (κ3) is 4.53. The van der Waals surface area contributed by atoms with Gasteiger partial charge < -0.3 is 5.32 Å². The van der Waals surface area contributed by atoms with Gasteiger partial charge >= 0.3 is 0 Å². The summed E-state index contributed by atoms with van der Waals surface area (Å²) in [5.41, 5.74) is 1.33. The van der Waals surface area contributed by atoms with E-state index < -0.39 is 0 Å². The third-order valence-electron chi connectivity index (χ3n) is 4.89. The molecule has 4 nitrogen and oxygen atoms in total. The topological polar surface area (TPSA) is 42.7 Å². The van der Waals surface area contributed by atoms with E-state index in [9.17, 15) is 0 Å². The van der Waals surface area contributed by atoms with E-state index >= 15 is 0 Å². The number of hydrogen-bond acceptors (Lipinski definition) is 3. The van der Waals surface area contributed by atoms with Gasteiger partial charge in [0.25, 0.3) is 0 Å². The smallest absolute Gasteiger partial charge is 0.0728 e. The summed E-state index contributed by atoms with van der Waals surface area (Å²) in [6.45, 7) is 9.09. The van der Waals surface area contributed by atoms with Gasteiger partial charge in [-0.3, -0.25) is 4.68 Å². The van der Waals surface area contributed by atoms with Crippen LogP contribution in [0.15, 0.2) is 6.20 Å². The van der Waals surface area contributed by atoms with Crippen LogP contribution in [0.2, 0.25) is 0 Å². The maximum absolute atomic E-state index is 4.15. The minimum atomic E-state index is 0.620. The third-order valence-corrected chi connectivity index (χ3v) is 4.89. The second-order valence-corrected chi connectivity index (χ2v) is 7.17. The highest BCUT2D eigenvalue weighted by Gasteiger charge is 2.32. The van der Waals surface area contributed by atoms with Gasteiger partial charge in [0, 0.05) is 13.0 Å². The van der Waals surface area contributed by atoms with Crippen LogP contribution in [0.3, 0.4) is 0 Å². The summed E-state index contributed by atoms with van der Waals surface area (Å²) in [5, 5.41) is 11.9. The van der Waals surface area contributed by atoms with Crippen molar-refractivity contribution in [1.29, 1.82) is 0 Å². The second kappa shape index (κ2) is 7.92. The Morgan fingerprint density at radius 1 is 1.38 bits per heavy atom. The molecular weight excluding hydrogens is 260 g/mol. The molecule has 0 radical (unpaired) electrons. The Labute approximate surface area is 129 Å². The van der Waals surface area contributed by atoms with Crippen molar-refractivity contribution in [3.05, 3.63) is 11.9 Å². The van der Waals surface area contributed by atoms with E-state index in [4.69, 9.17) is 0 Å². The molecular formula is C17H32N4. The van der Waals surface area contributed by atoms with E-state index in [0.717, 1.165) is 30.8 Å². The van der Waals surface area contributed by atoms with Crippen molar-refractivity contribution in [2.24, 2.45) is 24.8 Å². The van der Waals surface area contributed by atoms with Crippen molar-refractivity contribution >= 4 is 0 Å². The minimum Gasteiger partial charge on any atom is -0.316 e. The summed E-state index contributed by atoms with van der Waals surface area (Å²) in [4.78, 5) is 0.